The molecule has 0 radical (unpaired) electrons. The van der Waals surface area contributed by atoms with Crippen molar-refractivity contribution in [3.05, 3.63) is 48.6 Å². The van der Waals surface area contributed by atoms with Crippen molar-refractivity contribution in [3.63, 3.8) is 0 Å². The standard InChI is InChI=1S/C28H51NO5.C24H47NO2/c1-4-5-6-7-8-9-10-11-12-13-14-15-16-17-18-19-23-33-24-22-26(25-29(2)3)34-28(32)21-20-27(30)31;1-4-5-6-7-8-9-10-11-12-13-14-15-16-17-18-19-21-27-22-20-24(26)23-25(2)3/h8-9,11-12,26H,4-7,10,13-25H2,1-3H3,(H,30,31);8-9,11-12,24,26H,4-7,10,13-23H2,1-3H3/b2*9-8-,12-11-. The molecule has 0 aliphatic rings. The van der Waals surface area contributed by atoms with Crippen molar-refractivity contribution in [1.29, 1.82) is 0 Å². The van der Waals surface area contributed by atoms with Crippen LogP contribution in [-0.2, 0) is 23.8 Å². The summed E-state index contributed by atoms with van der Waals surface area (Å²) in [6, 6.07) is 0. The summed E-state index contributed by atoms with van der Waals surface area (Å²) in [4.78, 5) is 26.3. The number of likely N-dealkylation sites (N-methyl/N-ethyl adjacent to an activating group) is 2. The molecule has 0 spiro atoms. The van der Waals surface area contributed by atoms with E-state index in [4.69, 9.17) is 19.3 Å². The van der Waals surface area contributed by atoms with Crippen molar-refractivity contribution < 1.29 is 34.0 Å². The Labute approximate surface area is 376 Å². The number of aliphatic hydroxyl groups excluding tert-OH is 1. The highest BCUT2D eigenvalue weighted by molar-refractivity contribution is 5.76. The van der Waals surface area contributed by atoms with Crippen LogP contribution in [-0.4, -0.2) is 112 Å². The van der Waals surface area contributed by atoms with Gasteiger partial charge in [-0.3, -0.25) is 9.59 Å². The molecule has 0 saturated carbocycles. The van der Waals surface area contributed by atoms with Gasteiger partial charge in [-0.25, -0.2) is 0 Å². The lowest BCUT2D eigenvalue weighted by atomic mass is 10.1. The Balaban J connectivity index is 0. The van der Waals surface area contributed by atoms with Gasteiger partial charge in [-0.05, 0) is 112 Å². The van der Waals surface area contributed by atoms with Gasteiger partial charge in [0.1, 0.15) is 6.10 Å². The summed E-state index contributed by atoms with van der Waals surface area (Å²) in [6.07, 6.45) is 49.0. The topological polar surface area (TPSA) is 109 Å². The van der Waals surface area contributed by atoms with Gasteiger partial charge < -0.3 is 34.2 Å². The average Bonchev–Trinajstić information content (AvgIpc) is 3.21. The zero-order valence-corrected chi connectivity index (χ0v) is 40.6. The van der Waals surface area contributed by atoms with Crippen molar-refractivity contribution in [2.24, 2.45) is 0 Å². The summed E-state index contributed by atoms with van der Waals surface area (Å²) in [7, 11) is 7.80. The molecule has 2 N–H and O–H groups in total. The molecule has 0 aliphatic carbocycles. The average molecular weight is 863 g/mol. The predicted octanol–water partition coefficient (Wildman–Crippen LogP) is 12.7. The maximum atomic E-state index is 11.8. The lowest BCUT2D eigenvalue weighted by Crippen LogP contribution is -2.31. The number of aliphatic hydroxyl groups is 1. The summed E-state index contributed by atoms with van der Waals surface area (Å²) < 4.78 is 16.8. The van der Waals surface area contributed by atoms with E-state index in [-0.39, 0.29) is 25.0 Å². The largest absolute Gasteiger partial charge is 0.481 e. The number of nitrogens with zero attached hydrogens (tertiary/aromatic N) is 2. The lowest BCUT2D eigenvalue weighted by molar-refractivity contribution is -0.153. The van der Waals surface area contributed by atoms with Gasteiger partial charge in [0, 0.05) is 39.3 Å². The molecule has 0 bridgehead atoms. The van der Waals surface area contributed by atoms with Crippen molar-refractivity contribution in [2.45, 2.75) is 206 Å². The van der Waals surface area contributed by atoms with E-state index in [9.17, 15) is 14.7 Å². The van der Waals surface area contributed by atoms with Crippen molar-refractivity contribution >= 4 is 11.9 Å². The van der Waals surface area contributed by atoms with E-state index in [2.05, 4.69) is 62.5 Å². The molecule has 0 aliphatic heterocycles. The van der Waals surface area contributed by atoms with Crippen LogP contribution >= 0.6 is 0 Å². The van der Waals surface area contributed by atoms with Crippen LogP contribution in [0.3, 0.4) is 0 Å². The number of ether oxygens (including phenoxy) is 3. The molecule has 9 heteroatoms. The number of carbonyl (C=O) groups is 2. The molecule has 0 aromatic heterocycles. The number of carboxylic acids is 1. The van der Waals surface area contributed by atoms with Gasteiger partial charge in [-0.1, -0.05) is 140 Å². The molecule has 2 unspecified atom stereocenters. The number of unbranched alkanes of at least 4 members (excludes halogenated alkanes) is 18. The van der Waals surface area contributed by atoms with Crippen LogP contribution in [0.15, 0.2) is 48.6 Å². The molecule has 9 nitrogen and oxygen atoms in total. The first-order valence-corrected chi connectivity index (χ1v) is 24.8. The second-order valence-electron chi connectivity index (χ2n) is 17.2. The van der Waals surface area contributed by atoms with Crippen LogP contribution in [0.2, 0.25) is 0 Å². The van der Waals surface area contributed by atoms with Gasteiger partial charge in [-0.2, -0.15) is 0 Å². The third-order valence-corrected chi connectivity index (χ3v) is 10.1. The molecule has 61 heavy (non-hydrogen) atoms. The number of esters is 1. The maximum Gasteiger partial charge on any atom is 0.306 e. The number of hydrogen-bond donors (Lipinski definition) is 2. The highest BCUT2D eigenvalue weighted by Gasteiger charge is 2.16. The molecule has 0 aromatic carbocycles. The zero-order valence-electron chi connectivity index (χ0n) is 40.6. The number of allylic oxidation sites excluding steroid dienone is 8. The summed E-state index contributed by atoms with van der Waals surface area (Å²) in [6.45, 7) is 8.61. The van der Waals surface area contributed by atoms with Crippen LogP contribution in [0.5, 0.6) is 0 Å². The Kier molecular flexibility index (Phi) is 50.2. The molecule has 0 amide bonds. The molecule has 0 fully saturated rings. The van der Waals surface area contributed by atoms with E-state index in [1.165, 1.54) is 128 Å². The number of rotatable bonds is 44. The van der Waals surface area contributed by atoms with Gasteiger partial charge in [0.15, 0.2) is 0 Å². The van der Waals surface area contributed by atoms with E-state index in [0.29, 0.717) is 32.7 Å². The highest BCUT2D eigenvalue weighted by atomic mass is 16.5. The lowest BCUT2D eigenvalue weighted by Gasteiger charge is -2.21. The van der Waals surface area contributed by atoms with Crippen molar-refractivity contribution in [2.75, 3.05) is 67.7 Å². The number of aliphatic carboxylic acids is 1. The van der Waals surface area contributed by atoms with E-state index < -0.39 is 11.9 Å². The molecule has 0 saturated heterocycles. The van der Waals surface area contributed by atoms with E-state index in [1.54, 1.807) is 0 Å². The fourth-order valence-electron chi connectivity index (χ4n) is 6.58. The molecule has 0 aromatic rings. The summed E-state index contributed by atoms with van der Waals surface area (Å²) in [5.41, 5.74) is 0. The minimum absolute atomic E-state index is 0.0903. The molecular formula is C52H98N2O7. The second-order valence-corrected chi connectivity index (χ2v) is 17.2. The summed E-state index contributed by atoms with van der Waals surface area (Å²) >= 11 is 0. The Hall–Kier alpha value is -2.30. The van der Waals surface area contributed by atoms with Crippen molar-refractivity contribution in [1.82, 2.24) is 9.80 Å². The van der Waals surface area contributed by atoms with Crippen LogP contribution in [0, 0.1) is 0 Å². The Bertz CT molecular complexity index is 1040. The fraction of sp³-hybridized carbons (Fsp3) is 0.808. The van der Waals surface area contributed by atoms with Crippen LogP contribution < -0.4 is 0 Å². The first kappa shape index (κ1) is 60.8. The Morgan fingerprint density at radius 1 is 0.492 bits per heavy atom. The predicted molar refractivity (Wildman–Crippen MR) is 259 cm³/mol. The molecule has 0 rings (SSSR count). The third kappa shape index (κ3) is 55.7. The second kappa shape index (κ2) is 50.3. The zero-order chi connectivity index (χ0) is 45.3. The van der Waals surface area contributed by atoms with E-state index >= 15 is 0 Å². The van der Waals surface area contributed by atoms with Gasteiger partial charge >= 0.3 is 11.9 Å². The van der Waals surface area contributed by atoms with E-state index in [0.717, 1.165) is 45.3 Å². The maximum absolute atomic E-state index is 11.8. The van der Waals surface area contributed by atoms with Gasteiger partial charge in [0.25, 0.3) is 0 Å². The smallest absolute Gasteiger partial charge is 0.306 e. The van der Waals surface area contributed by atoms with Crippen molar-refractivity contribution in [3.8, 4) is 0 Å². The number of carbonyl (C=O) groups excluding carboxylic acids is 1. The van der Waals surface area contributed by atoms with Crippen LogP contribution in [0.4, 0.5) is 0 Å². The monoisotopic (exact) mass is 863 g/mol. The molecule has 358 valence electrons. The van der Waals surface area contributed by atoms with Crippen LogP contribution in [0.25, 0.3) is 0 Å². The Morgan fingerprint density at radius 3 is 1.30 bits per heavy atom. The minimum Gasteiger partial charge on any atom is -0.481 e. The molecule has 2 atom stereocenters. The molecule has 0 heterocycles. The number of hydrogen-bond acceptors (Lipinski definition) is 8. The normalized spacial score (nSPS) is 13.0. The summed E-state index contributed by atoms with van der Waals surface area (Å²) in [5, 5.41) is 18.4. The first-order valence-electron chi connectivity index (χ1n) is 24.8. The van der Waals surface area contributed by atoms with Gasteiger partial charge in [0.2, 0.25) is 0 Å². The molecular weight excluding hydrogens is 765 g/mol. The quantitative estimate of drug-likeness (QED) is 0.0352. The number of carboxylic acid groups (broad SMARTS) is 1. The first-order chi connectivity index (χ1) is 29.6. The SMILES string of the molecule is CCCCC/C=C\C/C=C\CCCCCCCCOCCC(CN(C)C)OC(=O)CCC(=O)O.CCCCC/C=C\C/C=C\CCCCCCCCOCCC(O)CN(C)C. The Morgan fingerprint density at radius 2 is 0.885 bits per heavy atom. The summed E-state index contributed by atoms with van der Waals surface area (Å²) in [5.74, 6) is -1.45. The highest BCUT2D eigenvalue weighted by Crippen LogP contribution is 2.11. The van der Waals surface area contributed by atoms with Gasteiger partial charge in [0.05, 0.1) is 25.6 Å². The van der Waals surface area contributed by atoms with Crippen LogP contribution in [0.1, 0.15) is 194 Å². The minimum atomic E-state index is -0.988. The third-order valence-electron chi connectivity index (χ3n) is 10.1. The fourth-order valence-corrected chi connectivity index (χ4v) is 6.58. The van der Waals surface area contributed by atoms with E-state index in [1.807, 2.05) is 38.0 Å². The van der Waals surface area contributed by atoms with Gasteiger partial charge in [-0.15, -0.1) is 0 Å².